The van der Waals surface area contributed by atoms with Crippen molar-refractivity contribution >= 4 is 15.9 Å². The van der Waals surface area contributed by atoms with Crippen molar-refractivity contribution in [1.82, 2.24) is 10.4 Å². The van der Waals surface area contributed by atoms with Crippen LogP contribution in [0.2, 0.25) is 0 Å². The molecule has 0 radical (unpaired) electrons. The van der Waals surface area contributed by atoms with Gasteiger partial charge < -0.3 is 4.74 Å². The Kier molecular flexibility index (Phi) is 6.17. The average molecular weight is 350 g/mol. The highest BCUT2D eigenvalue weighted by molar-refractivity contribution is 9.10. The van der Waals surface area contributed by atoms with Gasteiger partial charge >= 0.3 is 0 Å². The maximum absolute atomic E-state index is 5.68. The lowest BCUT2D eigenvalue weighted by Gasteiger charge is -2.16. The second kappa shape index (κ2) is 8.12. The summed E-state index contributed by atoms with van der Waals surface area (Å²) in [6.07, 6.45) is 6.48. The van der Waals surface area contributed by atoms with E-state index >= 15 is 0 Å². The molecule has 1 unspecified atom stereocenters. The molecule has 3 N–H and O–H groups in total. The number of benzene rings is 1. The van der Waals surface area contributed by atoms with Crippen LogP contribution in [0.5, 0.6) is 5.75 Å². The zero-order chi connectivity index (χ0) is 15.1. The molecule has 0 aliphatic heterocycles. The Morgan fingerprint density at radius 3 is 2.62 bits per heavy atom. The van der Waals surface area contributed by atoms with Crippen LogP contribution in [0.3, 0.4) is 0 Å². The summed E-state index contributed by atoms with van der Waals surface area (Å²) < 4.78 is 6.21. The molecule has 112 valence electrons. The molecule has 0 spiro atoms. The van der Waals surface area contributed by atoms with Crippen molar-refractivity contribution in [1.29, 1.82) is 0 Å². The Hall–Kier alpha value is -1.43. The normalized spacial score (nSPS) is 12.1. The van der Waals surface area contributed by atoms with Crippen molar-refractivity contribution in [2.45, 2.75) is 25.3 Å². The number of aromatic nitrogens is 1. The highest BCUT2D eigenvalue weighted by Gasteiger charge is 2.10. The largest absolute Gasteiger partial charge is 0.496 e. The van der Waals surface area contributed by atoms with Crippen LogP contribution in [0.25, 0.3) is 0 Å². The molecule has 0 bridgehead atoms. The molecule has 0 saturated heterocycles. The molecule has 1 aromatic heterocycles. The summed E-state index contributed by atoms with van der Waals surface area (Å²) in [7, 11) is 1.67. The molecule has 5 heteroatoms. The van der Waals surface area contributed by atoms with Gasteiger partial charge in [-0.15, -0.1) is 0 Å². The molecule has 2 aromatic rings. The van der Waals surface area contributed by atoms with Gasteiger partial charge in [0.25, 0.3) is 0 Å². The maximum atomic E-state index is 5.68. The van der Waals surface area contributed by atoms with Crippen molar-refractivity contribution in [2.75, 3.05) is 7.11 Å². The fourth-order valence-corrected chi connectivity index (χ4v) is 2.84. The molecule has 0 fully saturated rings. The first kappa shape index (κ1) is 15.9. The maximum Gasteiger partial charge on any atom is 0.133 e. The van der Waals surface area contributed by atoms with Crippen LogP contribution in [0.15, 0.2) is 47.2 Å². The van der Waals surface area contributed by atoms with E-state index in [-0.39, 0.29) is 6.04 Å². The SMILES string of the molecule is COc1ccc(CC(CCc2ccncc2)NN)cc1Br. The summed E-state index contributed by atoms with van der Waals surface area (Å²) >= 11 is 3.51. The van der Waals surface area contributed by atoms with E-state index in [1.165, 1.54) is 11.1 Å². The standard InChI is InChI=1S/C16H20BrN3O/c1-21-16-5-3-13(11-15(16)17)10-14(20-18)4-2-12-6-8-19-9-7-12/h3,5-9,11,14,20H,2,4,10,18H2,1H3. The summed E-state index contributed by atoms with van der Waals surface area (Å²) in [5.74, 6) is 6.52. The highest BCUT2D eigenvalue weighted by Crippen LogP contribution is 2.26. The number of halogens is 1. The van der Waals surface area contributed by atoms with E-state index in [0.717, 1.165) is 29.5 Å². The minimum absolute atomic E-state index is 0.235. The fraction of sp³-hybridized carbons (Fsp3) is 0.312. The zero-order valence-corrected chi connectivity index (χ0v) is 13.6. The fourth-order valence-electron chi connectivity index (χ4n) is 2.26. The lowest BCUT2D eigenvalue weighted by Crippen LogP contribution is -2.37. The first-order valence-corrected chi connectivity index (χ1v) is 7.69. The number of hydrazine groups is 1. The number of pyridine rings is 1. The number of nitrogens with zero attached hydrogens (tertiary/aromatic N) is 1. The third kappa shape index (κ3) is 4.81. The summed E-state index contributed by atoms with van der Waals surface area (Å²) in [5.41, 5.74) is 5.41. The lowest BCUT2D eigenvalue weighted by molar-refractivity contribution is 0.411. The molecular formula is C16H20BrN3O. The molecule has 4 nitrogen and oxygen atoms in total. The number of rotatable bonds is 7. The number of hydrogen-bond donors (Lipinski definition) is 2. The first-order valence-electron chi connectivity index (χ1n) is 6.90. The van der Waals surface area contributed by atoms with Gasteiger partial charge in [-0.3, -0.25) is 16.3 Å². The van der Waals surface area contributed by atoms with Crippen LogP contribution in [-0.4, -0.2) is 18.1 Å². The Morgan fingerprint density at radius 2 is 2.00 bits per heavy atom. The number of aryl methyl sites for hydroxylation is 1. The number of nitrogens with one attached hydrogen (secondary N) is 1. The Bertz CT molecular complexity index is 563. The summed E-state index contributed by atoms with van der Waals surface area (Å²) in [6, 6.07) is 10.4. The van der Waals surface area contributed by atoms with Crippen LogP contribution in [0.1, 0.15) is 17.5 Å². The van der Waals surface area contributed by atoms with Crippen molar-refractivity contribution in [3.63, 3.8) is 0 Å². The van der Waals surface area contributed by atoms with Gasteiger partial charge in [0.2, 0.25) is 0 Å². The predicted molar refractivity (Wildman–Crippen MR) is 88.1 cm³/mol. The van der Waals surface area contributed by atoms with Gasteiger partial charge in [-0.05, 0) is 70.6 Å². The number of methoxy groups -OCH3 is 1. The monoisotopic (exact) mass is 349 g/mol. The van der Waals surface area contributed by atoms with Crippen molar-refractivity contribution in [3.8, 4) is 5.75 Å². The van der Waals surface area contributed by atoms with E-state index in [0.29, 0.717) is 0 Å². The lowest BCUT2D eigenvalue weighted by atomic mass is 10.00. The molecule has 21 heavy (non-hydrogen) atoms. The molecule has 1 heterocycles. The van der Waals surface area contributed by atoms with E-state index in [4.69, 9.17) is 10.6 Å². The van der Waals surface area contributed by atoms with E-state index < -0.39 is 0 Å². The van der Waals surface area contributed by atoms with Gasteiger partial charge in [-0.25, -0.2) is 0 Å². The van der Waals surface area contributed by atoms with E-state index in [2.05, 4.69) is 38.5 Å². The molecule has 0 aliphatic rings. The average Bonchev–Trinajstić information content (AvgIpc) is 2.52. The minimum Gasteiger partial charge on any atom is -0.496 e. The quantitative estimate of drug-likeness (QED) is 0.596. The molecular weight excluding hydrogens is 330 g/mol. The minimum atomic E-state index is 0.235. The zero-order valence-electron chi connectivity index (χ0n) is 12.1. The van der Waals surface area contributed by atoms with Crippen molar-refractivity contribution in [2.24, 2.45) is 5.84 Å². The van der Waals surface area contributed by atoms with Crippen LogP contribution < -0.4 is 16.0 Å². The molecule has 1 aromatic carbocycles. The van der Waals surface area contributed by atoms with E-state index in [9.17, 15) is 0 Å². The van der Waals surface area contributed by atoms with Crippen LogP contribution in [0, 0.1) is 0 Å². The molecule has 0 amide bonds. The molecule has 0 saturated carbocycles. The second-order valence-electron chi connectivity index (χ2n) is 4.93. The number of hydrogen-bond acceptors (Lipinski definition) is 4. The molecule has 2 rings (SSSR count). The highest BCUT2D eigenvalue weighted by atomic mass is 79.9. The van der Waals surface area contributed by atoms with Crippen LogP contribution in [-0.2, 0) is 12.8 Å². The van der Waals surface area contributed by atoms with Gasteiger partial charge in [0.1, 0.15) is 5.75 Å². The number of nitrogens with two attached hydrogens (primary N) is 1. The van der Waals surface area contributed by atoms with Crippen molar-refractivity contribution < 1.29 is 4.74 Å². The first-order chi connectivity index (χ1) is 10.2. The molecule has 0 aliphatic carbocycles. The van der Waals surface area contributed by atoms with E-state index in [1.807, 2.05) is 30.6 Å². The summed E-state index contributed by atoms with van der Waals surface area (Å²) in [6.45, 7) is 0. The van der Waals surface area contributed by atoms with Crippen LogP contribution in [0.4, 0.5) is 0 Å². The summed E-state index contributed by atoms with van der Waals surface area (Å²) in [5, 5.41) is 0. The van der Waals surface area contributed by atoms with E-state index in [1.54, 1.807) is 7.11 Å². The topological polar surface area (TPSA) is 60.2 Å². The summed E-state index contributed by atoms with van der Waals surface area (Å²) in [4.78, 5) is 4.03. The Balaban J connectivity index is 1.94. The van der Waals surface area contributed by atoms with Crippen molar-refractivity contribution in [3.05, 3.63) is 58.3 Å². The Labute approximate surface area is 133 Å². The number of ether oxygens (including phenoxy) is 1. The smallest absolute Gasteiger partial charge is 0.133 e. The Morgan fingerprint density at radius 1 is 1.24 bits per heavy atom. The third-order valence-corrected chi connectivity index (χ3v) is 4.08. The van der Waals surface area contributed by atoms with Gasteiger partial charge in [0.15, 0.2) is 0 Å². The van der Waals surface area contributed by atoms with Gasteiger partial charge in [0, 0.05) is 18.4 Å². The third-order valence-electron chi connectivity index (χ3n) is 3.46. The predicted octanol–water partition coefficient (Wildman–Crippen LogP) is 2.86. The van der Waals surface area contributed by atoms with Gasteiger partial charge in [0.05, 0.1) is 11.6 Å². The second-order valence-corrected chi connectivity index (χ2v) is 5.79. The van der Waals surface area contributed by atoms with Crippen LogP contribution >= 0.6 is 15.9 Å². The molecule has 1 atom stereocenters. The van der Waals surface area contributed by atoms with Gasteiger partial charge in [-0.1, -0.05) is 6.07 Å². The van der Waals surface area contributed by atoms with Gasteiger partial charge in [-0.2, -0.15) is 0 Å².